The van der Waals surface area contributed by atoms with Gasteiger partial charge in [-0.25, -0.2) is 8.42 Å². The Morgan fingerprint density at radius 1 is 1.37 bits per heavy atom. The molecule has 0 aliphatic rings. The minimum atomic E-state index is -3.41. The molecule has 0 saturated carbocycles. The van der Waals surface area contributed by atoms with Crippen LogP contribution in [0.15, 0.2) is 14.7 Å². The Hall–Kier alpha value is 0.570. The fourth-order valence-corrected chi connectivity index (χ4v) is 6.87. The van der Waals surface area contributed by atoms with E-state index < -0.39 is 10.0 Å². The number of hydrogen-bond donors (Lipinski definition) is 0. The second kappa shape index (κ2) is 7.54. The molecule has 0 aliphatic carbocycles. The second-order valence-corrected chi connectivity index (χ2v) is 9.53. The Balaban J connectivity index is 3.23. The third-order valence-electron chi connectivity index (χ3n) is 3.08. The molecule has 19 heavy (non-hydrogen) atoms. The molecule has 0 aliphatic heterocycles. The largest absolute Gasteiger partial charge is 0.244 e. The smallest absolute Gasteiger partial charge is 0.207 e. The van der Waals surface area contributed by atoms with Gasteiger partial charge in [0.15, 0.2) is 0 Å². The van der Waals surface area contributed by atoms with Gasteiger partial charge in [0.05, 0.1) is 8.68 Å². The summed E-state index contributed by atoms with van der Waals surface area (Å²) in [6.07, 6.45) is 1.65. The van der Waals surface area contributed by atoms with Gasteiger partial charge in [-0.05, 0) is 41.8 Å². The van der Waals surface area contributed by atoms with Crippen LogP contribution in [0, 0.1) is 6.92 Å². The highest BCUT2D eigenvalue weighted by Gasteiger charge is 2.31. The number of rotatable bonds is 7. The normalized spacial score (nSPS) is 12.6. The first kappa shape index (κ1) is 17.6. The lowest BCUT2D eigenvalue weighted by atomic mass is 10.2. The molecule has 0 bridgehead atoms. The van der Waals surface area contributed by atoms with Gasteiger partial charge < -0.3 is 0 Å². The number of sulfonamides is 1. The number of aryl methyl sites for hydroxylation is 1. The number of alkyl halides is 1. The van der Waals surface area contributed by atoms with Crippen LogP contribution in [0.3, 0.4) is 0 Å². The van der Waals surface area contributed by atoms with Gasteiger partial charge in [-0.1, -0.05) is 29.8 Å². The van der Waals surface area contributed by atoms with E-state index in [9.17, 15) is 8.42 Å². The molecule has 0 amide bonds. The first-order valence-corrected chi connectivity index (χ1v) is 10.4. The van der Waals surface area contributed by atoms with Crippen LogP contribution in [0.4, 0.5) is 0 Å². The van der Waals surface area contributed by atoms with Crippen LogP contribution in [-0.4, -0.2) is 30.6 Å². The van der Waals surface area contributed by atoms with Gasteiger partial charge in [0.25, 0.3) is 0 Å². The standard InChI is InChI=1S/C12H19Br2NO2S2/c1-4-10(5-2)15(7-6-13)19(16,17)11-8-12(14)18-9(11)3/h8,10H,4-7H2,1-3H3. The summed E-state index contributed by atoms with van der Waals surface area (Å²) in [5, 5.41) is 0.646. The van der Waals surface area contributed by atoms with Crippen LogP contribution in [0.1, 0.15) is 31.6 Å². The maximum atomic E-state index is 12.8. The van der Waals surface area contributed by atoms with Crippen molar-refractivity contribution in [2.75, 3.05) is 11.9 Å². The molecule has 1 rings (SSSR count). The van der Waals surface area contributed by atoms with E-state index in [0.717, 1.165) is 21.5 Å². The summed E-state index contributed by atoms with van der Waals surface area (Å²) in [5.41, 5.74) is 0. The number of hydrogen-bond acceptors (Lipinski definition) is 3. The number of halogens is 2. The fraction of sp³-hybridized carbons (Fsp3) is 0.667. The molecular formula is C12H19Br2NO2S2. The van der Waals surface area contributed by atoms with E-state index in [1.165, 1.54) is 11.3 Å². The van der Waals surface area contributed by atoms with Crippen LogP contribution < -0.4 is 0 Å². The maximum Gasteiger partial charge on any atom is 0.244 e. The van der Waals surface area contributed by atoms with Crippen molar-refractivity contribution >= 4 is 53.2 Å². The molecule has 0 spiro atoms. The first-order valence-electron chi connectivity index (χ1n) is 6.22. The Kier molecular flexibility index (Phi) is 6.99. The van der Waals surface area contributed by atoms with Crippen molar-refractivity contribution in [2.24, 2.45) is 0 Å². The van der Waals surface area contributed by atoms with E-state index in [0.29, 0.717) is 16.8 Å². The zero-order valence-corrected chi connectivity index (χ0v) is 16.1. The summed E-state index contributed by atoms with van der Waals surface area (Å²) in [5.74, 6) is 0. The molecule has 110 valence electrons. The summed E-state index contributed by atoms with van der Waals surface area (Å²) in [6, 6.07) is 1.76. The summed E-state index contributed by atoms with van der Waals surface area (Å²) in [7, 11) is -3.41. The molecule has 1 heterocycles. The molecule has 0 N–H and O–H groups in total. The van der Waals surface area contributed by atoms with Crippen molar-refractivity contribution in [3.05, 3.63) is 14.7 Å². The molecule has 1 aromatic heterocycles. The van der Waals surface area contributed by atoms with E-state index >= 15 is 0 Å². The molecular weight excluding hydrogens is 414 g/mol. The molecule has 0 saturated heterocycles. The van der Waals surface area contributed by atoms with Crippen molar-refractivity contribution < 1.29 is 8.42 Å². The minimum absolute atomic E-state index is 0.0561. The predicted molar refractivity (Wildman–Crippen MR) is 88.8 cm³/mol. The van der Waals surface area contributed by atoms with Crippen molar-refractivity contribution in [2.45, 2.75) is 44.6 Å². The zero-order valence-electron chi connectivity index (χ0n) is 11.3. The third-order valence-corrected chi connectivity index (χ3v) is 7.20. The highest BCUT2D eigenvalue weighted by Crippen LogP contribution is 2.32. The lowest BCUT2D eigenvalue weighted by Crippen LogP contribution is -2.41. The minimum Gasteiger partial charge on any atom is -0.207 e. The van der Waals surface area contributed by atoms with Crippen molar-refractivity contribution in [3.8, 4) is 0 Å². The molecule has 7 heteroatoms. The highest BCUT2D eigenvalue weighted by atomic mass is 79.9. The average molecular weight is 433 g/mol. The van der Waals surface area contributed by atoms with E-state index in [2.05, 4.69) is 31.9 Å². The Labute approximate surface area is 136 Å². The molecule has 0 unspecified atom stereocenters. The second-order valence-electron chi connectivity index (χ2n) is 4.25. The van der Waals surface area contributed by atoms with Gasteiger partial charge in [0.2, 0.25) is 10.0 Å². The fourth-order valence-electron chi connectivity index (χ4n) is 2.09. The van der Waals surface area contributed by atoms with Gasteiger partial charge in [0.1, 0.15) is 0 Å². The third kappa shape index (κ3) is 4.03. The molecule has 0 atom stereocenters. The Bertz CT molecular complexity index is 510. The number of nitrogens with zero attached hydrogens (tertiary/aromatic N) is 1. The van der Waals surface area contributed by atoms with Gasteiger partial charge >= 0.3 is 0 Å². The van der Waals surface area contributed by atoms with Gasteiger partial charge in [0, 0.05) is 22.8 Å². The molecule has 0 radical (unpaired) electrons. The first-order chi connectivity index (χ1) is 8.88. The van der Waals surface area contributed by atoms with Crippen LogP contribution in [0.5, 0.6) is 0 Å². The summed E-state index contributed by atoms with van der Waals surface area (Å²) >= 11 is 8.17. The van der Waals surface area contributed by atoms with Crippen molar-refractivity contribution in [1.29, 1.82) is 0 Å². The van der Waals surface area contributed by atoms with Crippen LogP contribution in [0.2, 0.25) is 0 Å². The average Bonchev–Trinajstić information content (AvgIpc) is 2.69. The van der Waals surface area contributed by atoms with Crippen LogP contribution >= 0.6 is 43.2 Å². The zero-order chi connectivity index (χ0) is 14.6. The molecule has 0 fully saturated rings. The lowest BCUT2D eigenvalue weighted by molar-refractivity contribution is 0.317. The van der Waals surface area contributed by atoms with Crippen molar-refractivity contribution in [1.82, 2.24) is 4.31 Å². The van der Waals surface area contributed by atoms with Gasteiger partial charge in [-0.3, -0.25) is 0 Å². The SMILES string of the molecule is CCC(CC)N(CCBr)S(=O)(=O)c1cc(Br)sc1C. The summed E-state index contributed by atoms with van der Waals surface area (Å²) < 4.78 is 28.1. The van der Waals surface area contributed by atoms with Crippen molar-refractivity contribution in [3.63, 3.8) is 0 Å². The topological polar surface area (TPSA) is 37.4 Å². The van der Waals surface area contributed by atoms with E-state index in [1.54, 1.807) is 10.4 Å². The summed E-state index contributed by atoms with van der Waals surface area (Å²) in [6.45, 7) is 6.41. The van der Waals surface area contributed by atoms with E-state index in [1.807, 2.05) is 20.8 Å². The monoisotopic (exact) mass is 431 g/mol. The van der Waals surface area contributed by atoms with E-state index in [4.69, 9.17) is 0 Å². The predicted octanol–water partition coefficient (Wildman–Crippen LogP) is 4.39. The van der Waals surface area contributed by atoms with E-state index in [-0.39, 0.29) is 6.04 Å². The maximum absolute atomic E-state index is 12.8. The Morgan fingerprint density at radius 3 is 2.32 bits per heavy atom. The Morgan fingerprint density at radius 2 is 1.95 bits per heavy atom. The van der Waals surface area contributed by atoms with Gasteiger partial charge in [-0.2, -0.15) is 4.31 Å². The molecule has 1 aromatic rings. The lowest BCUT2D eigenvalue weighted by Gasteiger charge is -2.29. The molecule has 0 aromatic carbocycles. The van der Waals surface area contributed by atoms with Crippen LogP contribution in [-0.2, 0) is 10.0 Å². The van der Waals surface area contributed by atoms with Gasteiger partial charge in [-0.15, -0.1) is 11.3 Å². The molecule has 3 nitrogen and oxygen atoms in total. The summed E-state index contributed by atoms with van der Waals surface area (Å²) in [4.78, 5) is 1.26. The quantitative estimate of drug-likeness (QED) is 0.599. The number of thiophene rings is 1. The van der Waals surface area contributed by atoms with Crippen LogP contribution in [0.25, 0.3) is 0 Å². The highest BCUT2D eigenvalue weighted by molar-refractivity contribution is 9.11.